The zero-order valence-corrected chi connectivity index (χ0v) is 15.7. The Hall–Kier alpha value is -3.06. The lowest BCUT2D eigenvalue weighted by Gasteiger charge is -2.12. The highest BCUT2D eigenvalue weighted by Gasteiger charge is 2.15. The van der Waals surface area contributed by atoms with Crippen LogP contribution in [0.4, 0.5) is 5.69 Å². The SMILES string of the molecule is COCCCNC(=O)c1ccccc1NC(=O)c1cc(OC)cc(OC)c1. The molecule has 2 aromatic carbocycles. The molecule has 7 heteroatoms. The van der Waals surface area contributed by atoms with Crippen LogP contribution in [0.3, 0.4) is 0 Å². The highest BCUT2D eigenvalue weighted by Crippen LogP contribution is 2.24. The molecule has 0 aliphatic carbocycles. The Labute approximate surface area is 158 Å². The van der Waals surface area contributed by atoms with Crippen molar-refractivity contribution in [1.82, 2.24) is 5.32 Å². The number of benzene rings is 2. The first-order valence-electron chi connectivity index (χ1n) is 8.49. The second-order valence-electron chi connectivity index (χ2n) is 5.70. The maximum atomic E-state index is 12.7. The summed E-state index contributed by atoms with van der Waals surface area (Å²) in [7, 11) is 4.64. The van der Waals surface area contributed by atoms with Crippen LogP contribution >= 0.6 is 0 Å². The molecular formula is C20H24N2O5. The predicted octanol–water partition coefficient (Wildman–Crippen LogP) is 2.72. The monoisotopic (exact) mass is 372 g/mol. The van der Waals surface area contributed by atoms with Crippen molar-refractivity contribution in [2.24, 2.45) is 0 Å². The fourth-order valence-corrected chi connectivity index (χ4v) is 2.44. The summed E-state index contributed by atoms with van der Waals surface area (Å²) in [5, 5.41) is 5.59. The molecular weight excluding hydrogens is 348 g/mol. The number of rotatable bonds is 9. The zero-order valence-electron chi connectivity index (χ0n) is 15.7. The molecule has 0 unspecified atom stereocenters. The average Bonchev–Trinajstić information content (AvgIpc) is 2.70. The van der Waals surface area contributed by atoms with Crippen LogP contribution in [0.1, 0.15) is 27.1 Å². The molecule has 144 valence electrons. The number of nitrogens with one attached hydrogen (secondary N) is 2. The second-order valence-corrected chi connectivity index (χ2v) is 5.70. The number of hydrogen-bond donors (Lipinski definition) is 2. The van der Waals surface area contributed by atoms with Crippen molar-refractivity contribution in [3.8, 4) is 11.5 Å². The van der Waals surface area contributed by atoms with Crippen molar-refractivity contribution in [1.29, 1.82) is 0 Å². The quantitative estimate of drug-likeness (QED) is 0.661. The molecule has 0 atom stereocenters. The molecule has 0 spiro atoms. The fraction of sp³-hybridized carbons (Fsp3) is 0.300. The Morgan fingerprint density at radius 1 is 0.926 bits per heavy atom. The molecule has 7 nitrogen and oxygen atoms in total. The predicted molar refractivity (Wildman–Crippen MR) is 103 cm³/mol. The number of amides is 2. The number of methoxy groups -OCH3 is 3. The van der Waals surface area contributed by atoms with E-state index < -0.39 is 0 Å². The molecule has 0 saturated carbocycles. The largest absolute Gasteiger partial charge is 0.497 e. The van der Waals surface area contributed by atoms with Gasteiger partial charge < -0.3 is 24.8 Å². The lowest BCUT2D eigenvalue weighted by atomic mass is 10.1. The smallest absolute Gasteiger partial charge is 0.255 e. The van der Waals surface area contributed by atoms with E-state index in [1.807, 2.05) is 0 Å². The molecule has 0 bridgehead atoms. The van der Waals surface area contributed by atoms with Gasteiger partial charge in [0.05, 0.1) is 25.5 Å². The molecule has 2 aromatic rings. The molecule has 2 N–H and O–H groups in total. The van der Waals surface area contributed by atoms with Gasteiger partial charge in [0.2, 0.25) is 0 Å². The van der Waals surface area contributed by atoms with Gasteiger partial charge >= 0.3 is 0 Å². The molecule has 0 aromatic heterocycles. The average molecular weight is 372 g/mol. The minimum atomic E-state index is -0.369. The Morgan fingerprint density at radius 3 is 2.22 bits per heavy atom. The van der Waals surface area contributed by atoms with Gasteiger partial charge in [0.1, 0.15) is 11.5 Å². The molecule has 27 heavy (non-hydrogen) atoms. The summed E-state index contributed by atoms with van der Waals surface area (Å²) in [5.41, 5.74) is 1.17. The van der Waals surface area contributed by atoms with Gasteiger partial charge in [-0.2, -0.15) is 0 Å². The van der Waals surface area contributed by atoms with E-state index in [4.69, 9.17) is 14.2 Å². The standard InChI is InChI=1S/C20H24N2O5/c1-25-10-6-9-21-20(24)17-7-4-5-8-18(17)22-19(23)14-11-15(26-2)13-16(12-14)27-3/h4-5,7-8,11-13H,6,9-10H2,1-3H3,(H,21,24)(H,22,23). The molecule has 0 saturated heterocycles. The third-order valence-corrected chi connectivity index (χ3v) is 3.84. The van der Waals surface area contributed by atoms with E-state index in [0.29, 0.717) is 47.9 Å². The number of hydrogen-bond acceptors (Lipinski definition) is 5. The van der Waals surface area contributed by atoms with Crippen LogP contribution < -0.4 is 20.1 Å². The van der Waals surface area contributed by atoms with Gasteiger partial charge in [-0.1, -0.05) is 12.1 Å². The third kappa shape index (κ3) is 5.72. The Morgan fingerprint density at radius 2 is 1.59 bits per heavy atom. The van der Waals surface area contributed by atoms with Gasteiger partial charge in [-0.05, 0) is 30.7 Å². The normalized spacial score (nSPS) is 10.2. The van der Waals surface area contributed by atoms with Crippen LogP contribution in [-0.4, -0.2) is 46.3 Å². The Kier molecular flexibility index (Phi) is 7.63. The zero-order chi connectivity index (χ0) is 19.6. The number of para-hydroxylation sites is 1. The molecule has 0 aliphatic rings. The first kappa shape index (κ1) is 20.3. The van der Waals surface area contributed by atoms with Crippen LogP contribution in [-0.2, 0) is 4.74 Å². The van der Waals surface area contributed by atoms with Crippen LogP contribution in [0, 0.1) is 0 Å². The lowest BCUT2D eigenvalue weighted by molar-refractivity contribution is 0.0949. The second kappa shape index (κ2) is 10.2. The van der Waals surface area contributed by atoms with E-state index >= 15 is 0 Å². The molecule has 0 fully saturated rings. The summed E-state index contributed by atoms with van der Waals surface area (Å²) >= 11 is 0. The van der Waals surface area contributed by atoms with Gasteiger partial charge in [0, 0.05) is 31.9 Å². The van der Waals surface area contributed by atoms with Crippen LogP contribution in [0.5, 0.6) is 11.5 Å². The summed E-state index contributed by atoms with van der Waals surface area (Å²) in [6.07, 6.45) is 0.709. The molecule has 0 heterocycles. The Bertz CT molecular complexity index is 769. The van der Waals surface area contributed by atoms with Crippen LogP contribution in [0.2, 0.25) is 0 Å². The van der Waals surface area contributed by atoms with Crippen molar-refractivity contribution >= 4 is 17.5 Å². The first-order valence-corrected chi connectivity index (χ1v) is 8.49. The van der Waals surface area contributed by atoms with Gasteiger partial charge in [0.15, 0.2) is 0 Å². The summed E-state index contributed by atoms with van der Waals surface area (Å²) in [4.78, 5) is 25.1. The van der Waals surface area contributed by atoms with Crippen molar-refractivity contribution < 1.29 is 23.8 Å². The lowest BCUT2D eigenvalue weighted by Crippen LogP contribution is -2.26. The molecule has 2 amide bonds. The maximum Gasteiger partial charge on any atom is 0.255 e. The highest BCUT2D eigenvalue weighted by atomic mass is 16.5. The van der Waals surface area contributed by atoms with E-state index in [0.717, 1.165) is 0 Å². The topological polar surface area (TPSA) is 85.9 Å². The van der Waals surface area contributed by atoms with Gasteiger partial charge in [-0.3, -0.25) is 9.59 Å². The van der Waals surface area contributed by atoms with Crippen molar-refractivity contribution in [3.63, 3.8) is 0 Å². The molecule has 0 radical (unpaired) electrons. The maximum absolute atomic E-state index is 12.7. The van der Waals surface area contributed by atoms with E-state index in [1.54, 1.807) is 49.6 Å². The minimum Gasteiger partial charge on any atom is -0.497 e. The third-order valence-electron chi connectivity index (χ3n) is 3.84. The van der Waals surface area contributed by atoms with Gasteiger partial charge in [-0.25, -0.2) is 0 Å². The number of carbonyl (C=O) groups excluding carboxylic acids is 2. The fourth-order valence-electron chi connectivity index (χ4n) is 2.44. The first-order chi connectivity index (χ1) is 13.1. The molecule has 0 aliphatic heterocycles. The summed E-state index contributed by atoms with van der Waals surface area (Å²) in [5.74, 6) is 0.379. The van der Waals surface area contributed by atoms with Gasteiger partial charge in [-0.15, -0.1) is 0 Å². The van der Waals surface area contributed by atoms with Crippen molar-refractivity contribution in [2.75, 3.05) is 39.8 Å². The van der Waals surface area contributed by atoms with Crippen molar-refractivity contribution in [2.45, 2.75) is 6.42 Å². The highest BCUT2D eigenvalue weighted by molar-refractivity contribution is 6.09. The number of ether oxygens (including phenoxy) is 3. The van der Waals surface area contributed by atoms with E-state index in [2.05, 4.69) is 10.6 Å². The van der Waals surface area contributed by atoms with Crippen LogP contribution in [0.25, 0.3) is 0 Å². The van der Waals surface area contributed by atoms with E-state index in [-0.39, 0.29) is 11.8 Å². The van der Waals surface area contributed by atoms with Crippen molar-refractivity contribution in [3.05, 3.63) is 53.6 Å². The molecule has 2 rings (SSSR count). The van der Waals surface area contributed by atoms with Crippen LogP contribution in [0.15, 0.2) is 42.5 Å². The number of anilines is 1. The Balaban J connectivity index is 2.15. The van der Waals surface area contributed by atoms with Gasteiger partial charge in [0.25, 0.3) is 11.8 Å². The summed E-state index contributed by atoms with van der Waals surface area (Å²) < 4.78 is 15.3. The van der Waals surface area contributed by atoms with E-state index in [9.17, 15) is 9.59 Å². The van der Waals surface area contributed by atoms with E-state index in [1.165, 1.54) is 14.2 Å². The summed E-state index contributed by atoms with van der Waals surface area (Å²) in [6.45, 7) is 1.05. The number of carbonyl (C=O) groups is 2. The minimum absolute atomic E-state index is 0.259. The summed E-state index contributed by atoms with van der Waals surface area (Å²) in [6, 6.07) is 11.7.